The third kappa shape index (κ3) is 3.03. The number of fused-ring (bicyclic) bond motifs is 1. The zero-order valence-corrected chi connectivity index (χ0v) is 13.5. The Hall–Kier alpha value is -2.84. The van der Waals surface area contributed by atoms with E-state index in [2.05, 4.69) is 30.5 Å². The van der Waals surface area contributed by atoms with Gasteiger partial charge in [-0.25, -0.2) is 14.5 Å². The second kappa shape index (κ2) is 5.75. The van der Waals surface area contributed by atoms with Crippen LogP contribution in [0.25, 0.3) is 5.78 Å². The summed E-state index contributed by atoms with van der Waals surface area (Å²) in [4.78, 5) is 24.9. The highest BCUT2D eigenvalue weighted by molar-refractivity contribution is 5.78. The molecule has 0 aliphatic heterocycles. The Bertz CT molecular complexity index is 865. The van der Waals surface area contributed by atoms with Crippen LogP contribution >= 0.6 is 0 Å². The van der Waals surface area contributed by atoms with Crippen molar-refractivity contribution in [3.8, 4) is 0 Å². The quantitative estimate of drug-likeness (QED) is 0.742. The van der Waals surface area contributed by atoms with Crippen LogP contribution < -0.4 is 5.32 Å². The van der Waals surface area contributed by atoms with Crippen molar-refractivity contribution in [3.63, 3.8) is 0 Å². The number of hydrogen-bond acceptors (Lipinski definition) is 6. The first-order chi connectivity index (χ1) is 10.9. The van der Waals surface area contributed by atoms with Crippen LogP contribution in [0.1, 0.15) is 36.0 Å². The van der Waals surface area contributed by atoms with E-state index in [-0.39, 0.29) is 18.4 Å². The lowest BCUT2D eigenvalue weighted by atomic mass is 10.3. The molecule has 0 saturated heterocycles. The van der Waals surface area contributed by atoms with Gasteiger partial charge in [0, 0.05) is 18.4 Å². The number of aromatic nitrogens is 7. The Labute approximate surface area is 132 Å². The summed E-state index contributed by atoms with van der Waals surface area (Å²) in [5.74, 6) is 1.46. The van der Waals surface area contributed by atoms with Gasteiger partial charge in [0.2, 0.25) is 5.91 Å². The van der Waals surface area contributed by atoms with Crippen LogP contribution in [0.5, 0.6) is 0 Å². The number of nitrogens with zero attached hydrogens (tertiary/aromatic N) is 7. The SMILES string of the molecule is Cc1cc(C)n2nc(CC(=O)N[C@H](C)c3ncnn3C)nc2n1. The van der Waals surface area contributed by atoms with Crippen LogP contribution in [-0.2, 0) is 18.3 Å². The maximum atomic E-state index is 12.2. The number of amides is 1. The van der Waals surface area contributed by atoms with E-state index in [1.54, 1.807) is 16.2 Å². The average Bonchev–Trinajstić information content (AvgIpc) is 3.04. The molecule has 0 radical (unpaired) electrons. The lowest BCUT2D eigenvalue weighted by Crippen LogP contribution is -2.30. The molecule has 3 rings (SSSR count). The van der Waals surface area contributed by atoms with Crippen molar-refractivity contribution in [2.24, 2.45) is 7.05 Å². The number of aryl methyl sites for hydroxylation is 3. The molecule has 0 aliphatic carbocycles. The topological polar surface area (TPSA) is 103 Å². The van der Waals surface area contributed by atoms with E-state index in [0.717, 1.165) is 11.4 Å². The Morgan fingerprint density at radius 2 is 2.13 bits per heavy atom. The van der Waals surface area contributed by atoms with E-state index in [4.69, 9.17) is 0 Å². The molecule has 23 heavy (non-hydrogen) atoms. The molecule has 0 unspecified atom stereocenters. The van der Waals surface area contributed by atoms with Crippen molar-refractivity contribution in [2.45, 2.75) is 33.2 Å². The Balaban J connectivity index is 1.73. The van der Waals surface area contributed by atoms with Gasteiger partial charge in [-0.15, -0.1) is 5.10 Å². The first-order valence-electron chi connectivity index (χ1n) is 7.27. The molecular weight excluding hydrogens is 296 g/mol. The standard InChI is InChI=1S/C14H18N8O/c1-8-5-9(2)22-14(17-8)19-11(20-22)6-12(23)18-10(3)13-15-7-16-21(13)4/h5,7,10H,6H2,1-4H3,(H,18,23)/t10-/m1/s1. The highest BCUT2D eigenvalue weighted by atomic mass is 16.1. The molecule has 1 amide bonds. The molecule has 0 fully saturated rings. The van der Waals surface area contributed by atoms with Crippen molar-refractivity contribution in [1.29, 1.82) is 0 Å². The number of hydrogen-bond donors (Lipinski definition) is 1. The fourth-order valence-electron chi connectivity index (χ4n) is 2.48. The van der Waals surface area contributed by atoms with Gasteiger partial charge in [-0.2, -0.15) is 10.1 Å². The zero-order chi connectivity index (χ0) is 16.6. The molecule has 3 heterocycles. The third-order valence-corrected chi connectivity index (χ3v) is 3.49. The van der Waals surface area contributed by atoms with Crippen LogP contribution in [-0.4, -0.2) is 40.3 Å². The summed E-state index contributed by atoms with van der Waals surface area (Å²) in [7, 11) is 1.78. The maximum absolute atomic E-state index is 12.2. The maximum Gasteiger partial charge on any atom is 0.252 e. The van der Waals surface area contributed by atoms with Gasteiger partial charge in [0.25, 0.3) is 5.78 Å². The molecular formula is C14H18N8O. The summed E-state index contributed by atoms with van der Waals surface area (Å²) >= 11 is 0. The van der Waals surface area contributed by atoms with Crippen molar-refractivity contribution in [2.75, 3.05) is 0 Å². The number of carbonyl (C=O) groups excluding carboxylic acids is 1. The van der Waals surface area contributed by atoms with Gasteiger partial charge in [0.1, 0.15) is 12.2 Å². The predicted octanol–water partition coefficient (Wildman–Crippen LogP) is 0.290. The molecule has 120 valence electrons. The fraction of sp³-hybridized carbons (Fsp3) is 0.429. The Kier molecular flexibility index (Phi) is 3.77. The largest absolute Gasteiger partial charge is 0.346 e. The van der Waals surface area contributed by atoms with Gasteiger partial charge in [-0.05, 0) is 26.8 Å². The van der Waals surface area contributed by atoms with Crippen LogP contribution in [0.3, 0.4) is 0 Å². The molecule has 9 nitrogen and oxygen atoms in total. The van der Waals surface area contributed by atoms with E-state index in [1.165, 1.54) is 6.33 Å². The summed E-state index contributed by atoms with van der Waals surface area (Å²) in [6, 6.07) is 1.68. The molecule has 0 aromatic carbocycles. The lowest BCUT2D eigenvalue weighted by molar-refractivity contribution is -0.121. The summed E-state index contributed by atoms with van der Waals surface area (Å²) in [6.07, 6.45) is 1.54. The van der Waals surface area contributed by atoms with E-state index in [9.17, 15) is 4.79 Å². The van der Waals surface area contributed by atoms with Gasteiger partial charge in [-0.1, -0.05) is 0 Å². The van der Waals surface area contributed by atoms with Crippen molar-refractivity contribution >= 4 is 11.7 Å². The Morgan fingerprint density at radius 1 is 1.35 bits per heavy atom. The normalized spacial score (nSPS) is 12.5. The van der Waals surface area contributed by atoms with E-state index >= 15 is 0 Å². The fourth-order valence-corrected chi connectivity index (χ4v) is 2.48. The molecule has 1 atom stereocenters. The molecule has 0 aliphatic rings. The number of nitrogens with one attached hydrogen (secondary N) is 1. The molecule has 0 bridgehead atoms. The van der Waals surface area contributed by atoms with Gasteiger partial charge in [0.05, 0.1) is 12.5 Å². The Morgan fingerprint density at radius 3 is 2.83 bits per heavy atom. The number of rotatable bonds is 4. The molecule has 0 spiro atoms. The zero-order valence-electron chi connectivity index (χ0n) is 13.5. The highest BCUT2D eigenvalue weighted by Gasteiger charge is 2.16. The van der Waals surface area contributed by atoms with Crippen LogP contribution in [0.4, 0.5) is 0 Å². The summed E-state index contributed by atoms with van der Waals surface area (Å²) < 4.78 is 3.27. The second-order valence-electron chi connectivity index (χ2n) is 5.49. The highest BCUT2D eigenvalue weighted by Crippen LogP contribution is 2.08. The van der Waals surface area contributed by atoms with Crippen molar-refractivity contribution in [1.82, 2.24) is 39.7 Å². The van der Waals surface area contributed by atoms with Gasteiger partial charge in [0.15, 0.2) is 5.82 Å². The van der Waals surface area contributed by atoms with E-state index in [1.807, 2.05) is 26.8 Å². The smallest absolute Gasteiger partial charge is 0.252 e. The minimum atomic E-state index is -0.242. The first-order valence-corrected chi connectivity index (χ1v) is 7.27. The lowest BCUT2D eigenvalue weighted by Gasteiger charge is -2.11. The molecule has 9 heteroatoms. The first kappa shape index (κ1) is 15.1. The molecule has 3 aromatic rings. The molecule has 1 N–H and O–H groups in total. The number of carbonyl (C=O) groups is 1. The molecule has 3 aromatic heterocycles. The van der Waals surface area contributed by atoms with Crippen LogP contribution in [0.15, 0.2) is 12.4 Å². The monoisotopic (exact) mass is 314 g/mol. The minimum Gasteiger partial charge on any atom is -0.346 e. The van der Waals surface area contributed by atoms with Crippen molar-refractivity contribution < 1.29 is 4.79 Å². The second-order valence-corrected chi connectivity index (χ2v) is 5.49. The summed E-state index contributed by atoms with van der Waals surface area (Å²) in [5.41, 5.74) is 1.80. The van der Waals surface area contributed by atoms with Crippen molar-refractivity contribution in [3.05, 3.63) is 35.4 Å². The average molecular weight is 314 g/mol. The van der Waals surface area contributed by atoms with Gasteiger partial charge >= 0.3 is 0 Å². The van der Waals surface area contributed by atoms with E-state index < -0.39 is 0 Å². The minimum absolute atomic E-state index is 0.0873. The van der Waals surface area contributed by atoms with Gasteiger partial charge in [-0.3, -0.25) is 9.48 Å². The van der Waals surface area contributed by atoms with Crippen LogP contribution in [0, 0.1) is 13.8 Å². The predicted molar refractivity (Wildman–Crippen MR) is 81.5 cm³/mol. The summed E-state index contributed by atoms with van der Waals surface area (Å²) in [6.45, 7) is 5.68. The van der Waals surface area contributed by atoms with E-state index in [0.29, 0.717) is 17.4 Å². The molecule has 0 saturated carbocycles. The summed E-state index contributed by atoms with van der Waals surface area (Å²) in [5, 5.41) is 11.2. The third-order valence-electron chi connectivity index (χ3n) is 3.49. The van der Waals surface area contributed by atoms with Gasteiger partial charge < -0.3 is 5.32 Å². The van der Waals surface area contributed by atoms with Crippen LogP contribution in [0.2, 0.25) is 0 Å².